The van der Waals surface area contributed by atoms with Gasteiger partial charge in [0.15, 0.2) is 22.0 Å². The first-order valence-corrected chi connectivity index (χ1v) is 12.4. The van der Waals surface area contributed by atoms with Crippen LogP contribution in [0.25, 0.3) is 21.4 Å². The van der Waals surface area contributed by atoms with Crippen molar-refractivity contribution in [3.63, 3.8) is 0 Å². The van der Waals surface area contributed by atoms with Gasteiger partial charge in [-0.2, -0.15) is 9.97 Å². The highest BCUT2D eigenvalue weighted by Gasteiger charge is 2.44. The molecule has 5 atom stereocenters. The average Bonchev–Trinajstić information content (AvgIpc) is 3.47. The standard InChI is InChI=1S/C20H21ClN6O4S2/c1-9(7-32-20-24-10-4-2-3-5-12(10)33-20)30-6-11-14(28)15(29)18(31-11)27-8-23-13-16(22)25-19(21)26-17(13)27/h2-5,8-9,11,14-15,18,28-29H,6-7H2,1H3,(H2,22,25,26)/t9-,11-,14-,15-,18-/m1/s1. The van der Waals surface area contributed by atoms with E-state index in [0.717, 1.165) is 14.6 Å². The minimum atomic E-state index is -1.21. The molecule has 13 heteroatoms. The van der Waals surface area contributed by atoms with E-state index in [9.17, 15) is 10.2 Å². The number of halogens is 1. The molecule has 1 saturated heterocycles. The van der Waals surface area contributed by atoms with Crippen molar-refractivity contribution in [1.82, 2.24) is 24.5 Å². The molecule has 0 saturated carbocycles. The lowest BCUT2D eigenvalue weighted by molar-refractivity contribution is -0.0748. The summed E-state index contributed by atoms with van der Waals surface area (Å²) in [6.07, 6.45) is -2.70. The summed E-state index contributed by atoms with van der Waals surface area (Å²) < 4.78 is 15.4. The van der Waals surface area contributed by atoms with E-state index in [2.05, 4.69) is 26.0 Å². The van der Waals surface area contributed by atoms with E-state index in [4.69, 9.17) is 26.8 Å². The van der Waals surface area contributed by atoms with E-state index in [1.165, 1.54) is 10.9 Å². The molecule has 4 aromatic rings. The predicted octanol–water partition coefficient (Wildman–Crippen LogP) is 2.49. The van der Waals surface area contributed by atoms with Gasteiger partial charge in [0, 0.05) is 5.75 Å². The van der Waals surface area contributed by atoms with Crippen LogP contribution in [0.3, 0.4) is 0 Å². The highest BCUT2D eigenvalue weighted by molar-refractivity contribution is 8.01. The highest BCUT2D eigenvalue weighted by atomic mass is 35.5. The molecule has 10 nitrogen and oxygen atoms in total. The molecule has 1 fully saturated rings. The Hall–Kier alpha value is -2.06. The van der Waals surface area contributed by atoms with E-state index >= 15 is 0 Å². The van der Waals surface area contributed by atoms with Gasteiger partial charge in [-0.1, -0.05) is 23.9 Å². The maximum atomic E-state index is 10.6. The number of nitrogen functional groups attached to an aromatic ring is 1. The Kier molecular flexibility index (Phi) is 6.40. The van der Waals surface area contributed by atoms with Crippen LogP contribution < -0.4 is 5.73 Å². The molecular formula is C20H21ClN6O4S2. The first-order valence-electron chi connectivity index (χ1n) is 10.2. The third kappa shape index (κ3) is 4.52. The number of benzene rings is 1. The smallest absolute Gasteiger partial charge is 0.226 e. The van der Waals surface area contributed by atoms with Crippen LogP contribution in [-0.2, 0) is 9.47 Å². The number of hydrogen-bond acceptors (Lipinski definition) is 11. The summed E-state index contributed by atoms with van der Waals surface area (Å²) >= 11 is 9.18. The number of aliphatic hydroxyl groups excluding tert-OH is 2. The average molecular weight is 509 g/mol. The molecule has 1 aliphatic heterocycles. The van der Waals surface area contributed by atoms with Crippen molar-refractivity contribution < 1.29 is 19.7 Å². The van der Waals surface area contributed by atoms with Crippen LogP contribution in [0.1, 0.15) is 13.2 Å². The number of imidazole rings is 1. The molecule has 1 aliphatic rings. The normalized spacial score (nSPS) is 24.1. The van der Waals surface area contributed by atoms with Crippen LogP contribution >= 0.6 is 34.7 Å². The second-order valence-electron chi connectivity index (χ2n) is 7.65. The van der Waals surface area contributed by atoms with Gasteiger partial charge in [-0.15, -0.1) is 11.3 Å². The largest absolute Gasteiger partial charge is 0.387 e. The lowest BCUT2D eigenvalue weighted by Crippen LogP contribution is -2.34. The Bertz CT molecular complexity index is 1250. The Balaban J connectivity index is 1.20. The monoisotopic (exact) mass is 508 g/mol. The Labute approximate surface area is 201 Å². The first kappa shape index (κ1) is 22.7. The number of ether oxygens (including phenoxy) is 2. The van der Waals surface area contributed by atoms with Gasteiger partial charge in [0.25, 0.3) is 0 Å². The summed E-state index contributed by atoms with van der Waals surface area (Å²) in [5.74, 6) is 0.811. The number of aromatic nitrogens is 5. The summed E-state index contributed by atoms with van der Waals surface area (Å²) in [6, 6.07) is 8.02. The van der Waals surface area contributed by atoms with Crippen molar-refractivity contribution in [1.29, 1.82) is 0 Å². The second-order valence-corrected chi connectivity index (χ2v) is 10.3. The number of para-hydroxylation sites is 1. The molecular weight excluding hydrogens is 488 g/mol. The lowest BCUT2D eigenvalue weighted by atomic mass is 10.1. The number of fused-ring (bicyclic) bond motifs is 2. The molecule has 5 rings (SSSR count). The zero-order valence-electron chi connectivity index (χ0n) is 17.4. The second kappa shape index (κ2) is 9.29. The molecule has 0 aliphatic carbocycles. The third-order valence-corrected chi connectivity index (χ3v) is 7.87. The molecule has 0 radical (unpaired) electrons. The van der Waals surface area contributed by atoms with Gasteiger partial charge in [0.1, 0.15) is 23.8 Å². The quantitative estimate of drug-likeness (QED) is 0.252. The summed E-state index contributed by atoms with van der Waals surface area (Å²) in [6.45, 7) is 2.06. The van der Waals surface area contributed by atoms with Crippen molar-refractivity contribution in [3.8, 4) is 0 Å². The molecule has 0 unspecified atom stereocenters. The molecule has 1 aromatic carbocycles. The van der Waals surface area contributed by atoms with E-state index in [1.54, 1.807) is 23.1 Å². The lowest BCUT2D eigenvalue weighted by Gasteiger charge is -2.18. The van der Waals surface area contributed by atoms with Gasteiger partial charge in [-0.25, -0.2) is 9.97 Å². The third-order valence-electron chi connectivity index (χ3n) is 5.29. The summed E-state index contributed by atoms with van der Waals surface area (Å²) in [5.41, 5.74) is 7.48. The molecule has 174 valence electrons. The van der Waals surface area contributed by atoms with Crippen molar-refractivity contribution in [3.05, 3.63) is 35.9 Å². The van der Waals surface area contributed by atoms with Crippen LogP contribution in [0.5, 0.6) is 0 Å². The number of rotatable bonds is 7. The van der Waals surface area contributed by atoms with Crippen molar-refractivity contribution in [2.45, 2.75) is 41.9 Å². The molecule has 4 heterocycles. The molecule has 0 bridgehead atoms. The van der Waals surface area contributed by atoms with Crippen LogP contribution in [0, 0.1) is 0 Å². The van der Waals surface area contributed by atoms with Crippen LogP contribution in [0.2, 0.25) is 5.28 Å². The molecule has 3 aromatic heterocycles. The Morgan fingerprint density at radius 3 is 2.91 bits per heavy atom. The minimum Gasteiger partial charge on any atom is -0.387 e. The van der Waals surface area contributed by atoms with Crippen molar-refractivity contribution >= 4 is 61.9 Å². The van der Waals surface area contributed by atoms with Gasteiger partial charge < -0.3 is 25.4 Å². The predicted molar refractivity (Wildman–Crippen MR) is 126 cm³/mol. The van der Waals surface area contributed by atoms with Gasteiger partial charge in [0.05, 0.1) is 29.3 Å². The van der Waals surface area contributed by atoms with Gasteiger partial charge in [-0.05, 0) is 30.7 Å². The highest BCUT2D eigenvalue weighted by Crippen LogP contribution is 2.33. The van der Waals surface area contributed by atoms with Crippen LogP contribution in [-0.4, -0.2) is 71.5 Å². The number of nitrogens with two attached hydrogens (primary N) is 1. The summed E-state index contributed by atoms with van der Waals surface area (Å²) in [4.78, 5) is 16.8. The fraction of sp³-hybridized carbons (Fsp3) is 0.400. The van der Waals surface area contributed by atoms with E-state index in [-0.39, 0.29) is 23.8 Å². The van der Waals surface area contributed by atoms with Crippen molar-refractivity contribution in [2.24, 2.45) is 0 Å². The van der Waals surface area contributed by atoms with E-state index < -0.39 is 24.5 Å². The summed E-state index contributed by atoms with van der Waals surface area (Å²) in [7, 11) is 0. The first-order chi connectivity index (χ1) is 15.9. The number of thioether (sulfide) groups is 1. The maximum Gasteiger partial charge on any atom is 0.226 e. The number of thiazole rings is 1. The molecule has 0 amide bonds. The SMILES string of the molecule is C[C@H](CSc1nc2ccccc2s1)OC[C@H]1O[C@@H](n2cnc3c(N)nc(Cl)nc32)[C@H](O)[C@@H]1O. The van der Waals surface area contributed by atoms with Gasteiger partial charge in [0.2, 0.25) is 5.28 Å². The van der Waals surface area contributed by atoms with E-state index in [0.29, 0.717) is 16.9 Å². The molecule has 33 heavy (non-hydrogen) atoms. The van der Waals surface area contributed by atoms with Gasteiger partial charge >= 0.3 is 0 Å². The fourth-order valence-corrected chi connectivity index (χ4v) is 5.82. The van der Waals surface area contributed by atoms with Crippen LogP contribution in [0.4, 0.5) is 5.82 Å². The Morgan fingerprint density at radius 2 is 2.09 bits per heavy atom. The Morgan fingerprint density at radius 1 is 1.27 bits per heavy atom. The topological polar surface area (TPSA) is 141 Å². The zero-order chi connectivity index (χ0) is 23.1. The minimum absolute atomic E-state index is 0.0471. The molecule has 0 spiro atoms. The summed E-state index contributed by atoms with van der Waals surface area (Å²) in [5, 5.41) is 21.1. The van der Waals surface area contributed by atoms with Crippen molar-refractivity contribution in [2.75, 3.05) is 18.1 Å². The number of anilines is 1. The van der Waals surface area contributed by atoms with E-state index in [1.807, 2.05) is 25.1 Å². The molecule has 4 N–H and O–H groups in total. The number of aliphatic hydroxyl groups is 2. The number of hydrogen-bond donors (Lipinski definition) is 3. The zero-order valence-corrected chi connectivity index (χ0v) is 19.8. The number of nitrogens with zero attached hydrogens (tertiary/aromatic N) is 5. The van der Waals surface area contributed by atoms with Gasteiger partial charge in [-0.3, -0.25) is 4.57 Å². The van der Waals surface area contributed by atoms with Crippen LogP contribution in [0.15, 0.2) is 34.9 Å². The fourth-order valence-electron chi connectivity index (χ4n) is 3.60. The maximum absolute atomic E-state index is 10.6.